The van der Waals surface area contributed by atoms with Crippen LogP contribution in [0.5, 0.6) is 11.5 Å². The summed E-state index contributed by atoms with van der Waals surface area (Å²) in [6.07, 6.45) is 17.4. The summed E-state index contributed by atoms with van der Waals surface area (Å²) in [6.45, 7) is 0. The Labute approximate surface area is 199 Å². The number of hydrogen-bond donors (Lipinski definition) is 0. The Morgan fingerprint density at radius 3 is 1.94 bits per heavy atom. The minimum Gasteiger partial charge on any atom is -0.497 e. The number of aromatic nitrogens is 5. The van der Waals surface area contributed by atoms with Crippen molar-refractivity contribution in [2.24, 2.45) is 0 Å². The molecule has 2 heterocycles. The molecule has 0 spiro atoms. The van der Waals surface area contributed by atoms with Crippen LogP contribution in [0.15, 0.2) is 67.8 Å². The maximum Gasteiger partial charge on any atom is 0.138 e. The van der Waals surface area contributed by atoms with E-state index >= 15 is 0 Å². The predicted octanol–water partition coefficient (Wildman–Crippen LogP) is 5.07. The van der Waals surface area contributed by atoms with Crippen LogP contribution in [-0.2, 0) is 12.8 Å². The van der Waals surface area contributed by atoms with Crippen molar-refractivity contribution in [2.45, 2.75) is 25.7 Å². The zero-order chi connectivity index (χ0) is 23.3. The van der Waals surface area contributed by atoms with Crippen molar-refractivity contribution in [1.82, 2.24) is 24.3 Å². The van der Waals surface area contributed by atoms with Crippen LogP contribution in [0.3, 0.4) is 0 Å². The van der Waals surface area contributed by atoms with Gasteiger partial charge in [-0.05, 0) is 84.4 Å². The average Bonchev–Trinajstić information content (AvgIpc) is 3.63. The van der Waals surface area contributed by atoms with Gasteiger partial charge in [0, 0.05) is 23.8 Å². The second-order valence-corrected chi connectivity index (χ2v) is 8.21. The molecule has 4 aromatic rings. The Hall–Kier alpha value is -4.13. The zero-order valence-corrected chi connectivity index (χ0v) is 19.4. The zero-order valence-electron chi connectivity index (χ0n) is 19.4. The molecule has 0 N–H and O–H groups in total. The van der Waals surface area contributed by atoms with Crippen LogP contribution in [0.1, 0.15) is 35.1 Å². The van der Waals surface area contributed by atoms with Crippen molar-refractivity contribution in [3.05, 3.63) is 90.0 Å². The fourth-order valence-corrected chi connectivity index (χ4v) is 4.32. The summed E-state index contributed by atoms with van der Waals surface area (Å²) in [5.74, 6) is 1.80. The summed E-state index contributed by atoms with van der Waals surface area (Å²) in [5, 5.41) is 4.16. The third-order valence-corrected chi connectivity index (χ3v) is 6.20. The number of aryl methyl sites for hydroxylation is 2. The third-order valence-electron chi connectivity index (χ3n) is 6.20. The molecule has 34 heavy (non-hydrogen) atoms. The predicted molar refractivity (Wildman–Crippen MR) is 133 cm³/mol. The Bertz CT molecular complexity index is 1220. The SMILES string of the molecule is COc1ccc2c(c1)C=C(n1ccnc1)CC2.COc1ccc2c(c1)C=C(n1cncn1)CC2. The van der Waals surface area contributed by atoms with Crippen LogP contribution in [0.2, 0.25) is 0 Å². The number of ether oxygens (including phenoxy) is 2. The van der Waals surface area contributed by atoms with E-state index in [0.29, 0.717) is 0 Å². The highest BCUT2D eigenvalue weighted by atomic mass is 16.5. The molecule has 0 aliphatic heterocycles. The molecule has 2 aliphatic rings. The fraction of sp³-hybridized carbons (Fsp3) is 0.222. The molecule has 172 valence electrons. The Morgan fingerprint density at radius 1 is 0.735 bits per heavy atom. The Kier molecular flexibility index (Phi) is 6.25. The highest BCUT2D eigenvalue weighted by Gasteiger charge is 2.13. The van der Waals surface area contributed by atoms with Gasteiger partial charge in [-0.2, -0.15) is 5.10 Å². The van der Waals surface area contributed by atoms with Crippen LogP contribution in [0.4, 0.5) is 0 Å². The van der Waals surface area contributed by atoms with E-state index in [2.05, 4.69) is 56.1 Å². The molecular formula is C27H27N5O2. The first-order valence-electron chi connectivity index (χ1n) is 11.3. The van der Waals surface area contributed by atoms with Gasteiger partial charge in [-0.15, -0.1) is 0 Å². The number of nitrogens with zero attached hydrogens (tertiary/aromatic N) is 5. The lowest BCUT2D eigenvalue weighted by Crippen LogP contribution is -2.05. The molecule has 7 heteroatoms. The van der Waals surface area contributed by atoms with E-state index in [1.807, 2.05) is 35.5 Å². The first-order valence-corrected chi connectivity index (χ1v) is 11.3. The summed E-state index contributed by atoms with van der Waals surface area (Å²) in [5.41, 5.74) is 7.65. The topological polar surface area (TPSA) is 67.0 Å². The Balaban J connectivity index is 0.000000142. The van der Waals surface area contributed by atoms with Crippen molar-refractivity contribution in [2.75, 3.05) is 14.2 Å². The number of allylic oxidation sites excluding steroid dienone is 2. The molecule has 0 fully saturated rings. The molecule has 2 aromatic heterocycles. The lowest BCUT2D eigenvalue weighted by Gasteiger charge is -2.17. The van der Waals surface area contributed by atoms with Gasteiger partial charge >= 0.3 is 0 Å². The molecule has 2 aromatic carbocycles. The van der Waals surface area contributed by atoms with Gasteiger partial charge in [0.1, 0.15) is 24.2 Å². The van der Waals surface area contributed by atoms with Crippen LogP contribution in [-0.4, -0.2) is 38.5 Å². The molecule has 0 amide bonds. The first-order chi connectivity index (χ1) is 16.7. The van der Waals surface area contributed by atoms with E-state index in [4.69, 9.17) is 9.47 Å². The molecule has 0 saturated carbocycles. The maximum atomic E-state index is 5.26. The lowest BCUT2D eigenvalue weighted by molar-refractivity contribution is 0.414. The number of rotatable bonds is 4. The van der Waals surface area contributed by atoms with E-state index in [1.165, 1.54) is 33.6 Å². The summed E-state index contributed by atoms with van der Waals surface area (Å²) in [6, 6.07) is 12.5. The van der Waals surface area contributed by atoms with E-state index in [-0.39, 0.29) is 0 Å². The van der Waals surface area contributed by atoms with E-state index in [1.54, 1.807) is 26.9 Å². The highest BCUT2D eigenvalue weighted by molar-refractivity contribution is 5.76. The Morgan fingerprint density at radius 2 is 1.38 bits per heavy atom. The number of hydrogen-bond acceptors (Lipinski definition) is 5. The van der Waals surface area contributed by atoms with Gasteiger partial charge in [0.15, 0.2) is 0 Å². The second-order valence-electron chi connectivity index (χ2n) is 8.21. The third kappa shape index (κ3) is 4.64. The van der Waals surface area contributed by atoms with Crippen LogP contribution in [0.25, 0.3) is 23.5 Å². The first kappa shape index (κ1) is 21.7. The largest absolute Gasteiger partial charge is 0.497 e. The van der Waals surface area contributed by atoms with Crippen molar-refractivity contribution in [3.8, 4) is 11.5 Å². The number of benzene rings is 2. The normalized spacial score (nSPS) is 14.1. The standard InChI is InChI=1S/C14H14N2O.C13H13N3O/c1-17-14-5-3-11-2-4-13(8-12(11)9-14)16-7-6-15-10-16;1-17-13-5-3-10-2-4-12(6-11(10)7-13)16-9-14-8-15-16/h3,5-10H,2,4H2,1H3;3,5-9H,2,4H2,1H3. The lowest BCUT2D eigenvalue weighted by atomic mass is 9.95. The van der Waals surface area contributed by atoms with Crippen molar-refractivity contribution < 1.29 is 9.47 Å². The average molecular weight is 454 g/mol. The van der Waals surface area contributed by atoms with Gasteiger partial charge in [0.2, 0.25) is 0 Å². The van der Waals surface area contributed by atoms with Crippen LogP contribution >= 0.6 is 0 Å². The molecule has 2 aliphatic carbocycles. The fourth-order valence-electron chi connectivity index (χ4n) is 4.32. The van der Waals surface area contributed by atoms with Gasteiger partial charge in [-0.25, -0.2) is 14.6 Å². The molecule has 0 radical (unpaired) electrons. The highest BCUT2D eigenvalue weighted by Crippen LogP contribution is 2.30. The minimum atomic E-state index is 0.889. The van der Waals surface area contributed by atoms with Gasteiger partial charge in [0.25, 0.3) is 0 Å². The molecular weight excluding hydrogens is 426 g/mol. The second kappa shape index (κ2) is 9.79. The summed E-state index contributed by atoms with van der Waals surface area (Å²) in [4.78, 5) is 8.06. The van der Waals surface area contributed by atoms with Crippen LogP contribution in [0, 0.1) is 0 Å². The van der Waals surface area contributed by atoms with E-state index < -0.39 is 0 Å². The number of methoxy groups -OCH3 is 2. The smallest absolute Gasteiger partial charge is 0.138 e. The minimum absolute atomic E-state index is 0.889. The van der Waals surface area contributed by atoms with Gasteiger partial charge in [0.05, 0.1) is 20.5 Å². The van der Waals surface area contributed by atoms with E-state index in [0.717, 1.165) is 37.2 Å². The summed E-state index contributed by atoms with van der Waals surface area (Å²) in [7, 11) is 3.39. The van der Waals surface area contributed by atoms with Gasteiger partial charge in [-0.3, -0.25) is 0 Å². The number of fused-ring (bicyclic) bond motifs is 2. The van der Waals surface area contributed by atoms with Crippen molar-refractivity contribution >= 4 is 23.5 Å². The summed E-state index contributed by atoms with van der Waals surface area (Å²) < 4.78 is 14.4. The van der Waals surface area contributed by atoms with Gasteiger partial charge < -0.3 is 14.0 Å². The quantitative estimate of drug-likeness (QED) is 0.432. The van der Waals surface area contributed by atoms with Crippen molar-refractivity contribution in [3.63, 3.8) is 0 Å². The number of imidazole rings is 1. The molecule has 0 saturated heterocycles. The van der Waals surface area contributed by atoms with Crippen LogP contribution < -0.4 is 9.47 Å². The maximum absolute atomic E-state index is 5.26. The summed E-state index contributed by atoms with van der Waals surface area (Å²) >= 11 is 0. The molecule has 6 rings (SSSR count). The van der Waals surface area contributed by atoms with Gasteiger partial charge in [-0.1, -0.05) is 12.1 Å². The molecule has 0 atom stereocenters. The monoisotopic (exact) mass is 453 g/mol. The molecule has 0 unspecified atom stereocenters. The molecule has 0 bridgehead atoms. The van der Waals surface area contributed by atoms with Crippen molar-refractivity contribution in [1.29, 1.82) is 0 Å². The molecule has 7 nitrogen and oxygen atoms in total. The van der Waals surface area contributed by atoms with E-state index in [9.17, 15) is 0 Å².